The van der Waals surface area contributed by atoms with Gasteiger partial charge in [-0.1, -0.05) is 29.3 Å². The molecule has 0 saturated carbocycles. The molecule has 9 heteroatoms. The van der Waals surface area contributed by atoms with E-state index in [-0.39, 0.29) is 5.75 Å². The van der Waals surface area contributed by atoms with Gasteiger partial charge in [0, 0.05) is 9.75 Å². The van der Waals surface area contributed by atoms with Gasteiger partial charge in [-0.2, -0.15) is 0 Å². The molecule has 0 saturated heterocycles. The number of aliphatic hydroxyl groups excluding tert-OH is 1. The number of alkyl halides is 3. The van der Waals surface area contributed by atoms with Crippen LogP contribution in [0.2, 0.25) is 10.0 Å². The highest BCUT2D eigenvalue weighted by molar-refractivity contribution is 7.15. The molecular weight excluding hydrogens is 496 g/mol. The number of hydrogen-bond donors (Lipinski definition) is 1. The molecule has 0 bridgehead atoms. The topological polar surface area (TPSA) is 38.7 Å². The molecule has 1 atom stereocenters. The lowest BCUT2D eigenvalue weighted by Gasteiger charge is -2.23. The molecule has 1 heterocycles. The number of thiophene rings is 1. The molecule has 3 nitrogen and oxygen atoms in total. The molecule has 0 amide bonds. The van der Waals surface area contributed by atoms with E-state index < -0.39 is 18.1 Å². The van der Waals surface area contributed by atoms with E-state index in [0.717, 1.165) is 20.9 Å². The summed E-state index contributed by atoms with van der Waals surface area (Å²) in [4.78, 5) is 1.57. The predicted octanol–water partition coefficient (Wildman–Crippen LogP) is 8.46. The number of aryl methyl sites for hydroxylation is 1. The maximum absolute atomic E-state index is 12.3. The van der Waals surface area contributed by atoms with Crippen molar-refractivity contribution in [1.29, 1.82) is 0 Å². The molecule has 0 aliphatic carbocycles. The summed E-state index contributed by atoms with van der Waals surface area (Å²) in [5.41, 5.74) is 1.13. The fourth-order valence-electron chi connectivity index (χ4n) is 3.12. The molecule has 3 aromatic rings. The Morgan fingerprint density at radius 2 is 1.58 bits per heavy atom. The molecule has 1 unspecified atom stereocenters. The van der Waals surface area contributed by atoms with Crippen LogP contribution >= 0.6 is 34.5 Å². The van der Waals surface area contributed by atoms with E-state index in [1.807, 2.05) is 32.9 Å². The number of halogens is 5. The zero-order chi connectivity index (χ0) is 24.4. The number of aliphatic hydroxyl groups is 1. The lowest BCUT2D eigenvalue weighted by atomic mass is 10.1. The van der Waals surface area contributed by atoms with E-state index in [1.165, 1.54) is 23.5 Å². The predicted molar refractivity (Wildman–Crippen MR) is 127 cm³/mol. The van der Waals surface area contributed by atoms with Crippen LogP contribution in [-0.2, 0) is 6.42 Å². The third kappa shape index (κ3) is 7.27. The summed E-state index contributed by atoms with van der Waals surface area (Å²) in [5, 5.41) is 11.4. The highest BCUT2D eigenvalue weighted by atomic mass is 35.5. The minimum atomic E-state index is -4.73. The maximum atomic E-state index is 12.3. The van der Waals surface area contributed by atoms with Crippen LogP contribution in [0, 0.1) is 0 Å². The molecule has 0 fully saturated rings. The van der Waals surface area contributed by atoms with Crippen molar-refractivity contribution < 1.29 is 27.8 Å². The highest BCUT2D eigenvalue weighted by Gasteiger charge is 2.31. The van der Waals surface area contributed by atoms with E-state index >= 15 is 0 Å². The van der Waals surface area contributed by atoms with Gasteiger partial charge >= 0.3 is 6.36 Å². The van der Waals surface area contributed by atoms with Crippen LogP contribution in [0.3, 0.4) is 0 Å². The van der Waals surface area contributed by atoms with Crippen LogP contribution in [0.15, 0.2) is 48.5 Å². The van der Waals surface area contributed by atoms with Crippen LogP contribution in [0.25, 0.3) is 10.4 Å². The summed E-state index contributed by atoms with van der Waals surface area (Å²) in [6.07, 6.45) is -4.52. The molecule has 178 valence electrons. The summed E-state index contributed by atoms with van der Waals surface area (Å²) >= 11 is 14.2. The third-order valence-electron chi connectivity index (χ3n) is 4.56. The summed E-state index contributed by atoms with van der Waals surface area (Å²) < 4.78 is 46.6. The monoisotopic (exact) mass is 518 g/mol. The fourth-order valence-corrected chi connectivity index (χ4v) is 4.62. The maximum Gasteiger partial charge on any atom is 0.573 e. The molecule has 0 aliphatic heterocycles. The smallest absolute Gasteiger partial charge is 0.487 e. The summed E-state index contributed by atoms with van der Waals surface area (Å²) in [5.74, 6) is 0.227. The van der Waals surface area contributed by atoms with Crippen molar-refractivity contribution in [1.82, 2.24) is 0 Å². The first kappa shape index (κ1) is 25.7. The van der Waals surface area contributed by atoms with Gasteiger partial charge in [-0.25, -0.2) is 0 Å². The van der Waals surface area contributed by atoms with Gasteiger partial charge in [0.05, 0.1) is 11.1 Å². The van der Waals surface area contributed by atoms with E-state index in [1.54, 1.807) is 24.3 Å². The van der Waals surface area contributed by atoms with Crippen molar-refractivity contribution in [3.8, 4) is 21.9 Å². The fraction of sp³-hybridized carbons (Fsp3) is 0.333. The largest absolute Gasteiger partial charge is 0.573 e. The van der Waals surface area contributed by atoms with Gasteiger partial charge in [0.25, 0.3) is 0 Å². The quantitative estimate of drug-likeness (QED) is 0.340. The Bertz CT molecular complexity index is 1090. The Kier molecular flexibility index (Phi) is 7.89. The molecular formula is C24H23Cl2F3O3S. The van der Waals surface area contributed by atoms with Gasteiger partial charge in [0.15, 0.2) is 0 Å². The van der Waals surface area contributed by atoms with E-state index in [2.05, 4.69) is 4.74 Å². The van der Waals surface area contributed by atoms with E-state index in [0.29, 0.717) is 28.6 Å². The molecule has 0 aliphatic rings. The average Bonchev–Trinajstić information content (AvgIpc) is 3.19. The Hall–Kier alpha value is -1.93. The summed E-state index contributed by atoms with van der Waals surface area (Å²) in [7, 11) is 0. The normalized spacial score (nSPS) is 13.1. The van der Waals surface area contributed by atoms with Gasteiger partial charge in [-0.15, -0.1) is 24.5 Å². The van der Waals surface area contributed by atoms with Crippen LogP contribution in [-0.4, -0.2) is 17.1 Å². The zero-order valence-corrected chi connectivity index (χ0v) is 20.5. The minimum absolute atomic E-state index is 0.280. The molecule has 0 spiro atoms. The Morgan fingerprint density at radius 1 is 0.909 bits per heavy atom. The molecule has 1 aromatic heterocycles. The lowest BCUT2D eigenvalue weighted by Crippen LogP contribution is -2.23. The van der Waals surface area contributed by atoms with Gasteiger partial charge in [0.1, 0.15) is 22.1 Å². The van der Waals surface area contributed by atoms with Crippen LogP contribution in [0.5, 0.6) is 11.5 Å². The number of ether oxygens (including phenoxy) is 2. The standard InChI is InChI=1S/C24H23Cl2F3O3S/c1-23(2,3)32-18-11-7-15(21(25)22(18)26)6-10-17(30)20-13-12-19(33-20)14-4-8-16(9-5-14)31-24(27,28)29/h4-5,7-9,11-13,17,30H,6,10H2,1-3H3. The average molecular weight is 519 g/mol. The summed E-state index contributed by atoms with van der Waals surface area (Å²) in [6, 6.07) is 12.9. The molecule has 2 aromatic carbocycles. The number of hydrogen-bond acceptors (Lipinski definition) is 4. The molecule has 1 N–H and O–H groups in total. The second-order valence-electron chi connectivity index (χ2n) is 8.39. The first-order valence-electron chi connectivity index (χ1n) is 10.1. The highest BCUT2D eigenvalue weighted by Crippen LogP contribution is 2.38. The van der Waals surface area contributed by atoms with Crippen molar-refractivity contribution in [2.24, 2.45) is 0 Å². The zero-order valence-electron chi connectivity index (χ0n) is 18.2. The van der Waals surface area contributed by atoms with Crippen LogP contribution in [0.1, 0.15) is 43.7 Å². The van der Waals surface area contributed by atoms with Gasteiger partial charge in [0.2, 0.25) is 0 Å². The van der Waals surface area contributed by atoms with E-state index in [9.17, 15) is 18.3 Å². The van der Waals surface area contributed by atoms with Crippen LogP contribution < -0.4 is 9.47 Å². The lowest BCUT2D eigenvalue weighted by molar-refractivity contribution is -0.274. The van der Waals surface area contributed by atoms with Crippen molar-refractivity contribution in [3.63, 3.8) is 0 Å². The van der Waals surface area contributed by atoms with Crippen molar-refractivity contribution >= 4 is 34.5 Å². The van der Waals surface area contributed by atoms with Gasteiger partial charge < -0.3 is 14.6 Å². The van der Waals surface area contributed by atoms with Gasteiger partial charge in [-0.3, -0.25) is 0 Å². The second-order valence-corrected chi connectivity index (χ2v) is 10.3. The Labute approximate surface area is 204 Å². The Morgan fingerprint density at radius 3 is 2.18 bits per heavy atom. The van der Waals surface area contributed by atoms with Crippen molar-refractivity contribution in [2.75, 3.05) is 0 Å². The summed E-state index contributed by atoms with van der Waals surface area (Å²) in [6.45, 7) is 5.75. The van der Waals surface area contributed by atoms with E-state index in [4.69, 9.17) is 27.9 Å². The molecule has 33 heavy (non-hydrogen) atoms. The minimum Gasteiger partial charge on any atom is -0.487 e. The molecule has 3 rings (SSSR count). The number of rotatable bonds is 7. The number of benzene rings is 2. The van der Waals surface area contributed by atoms with Gasteiger partial charge in [-0.05, 0) is 87.2 Å². The SMILES string of the molecule is CC(C)(C)Oc1ccc(CCC(O)c2ccc(-c3ccc(OC(F)(F)F)cc3)s2)c(Cl)c1Cl. The van der Waals surface area contributed by atoms with Crippen molar-refractivity contribution in [2.45, 2.75) is 51.7 Å². The van der Waals surface area contributed by atoms with Crippen LogP contribution in [0.4, 0.5) is 13.2 Å². The van der Waals surface area contributed by atoms with Crippen molar-refractivity contribution in [3.05, 3.63) is 69.0 Å². The second kappa shape index (κ2) is 10.1. The Balaban J connectivity index is 1.64. The first-order chi connectivity index (χ1) is 15.3. The molecule has 0 radical (unpaired) electrons. The first-order valence-corrected chi connectivity index (χ1v) is 11.7. The third-order valence-corrected chi connectivity index (χ3v) is 6.70.